The maximum atomic E-state index is 10.8. The highest BCUT2D eigenvalue weighted by Crippen LogP contribution is 2.23. The van der Waals surface area contributed by atoms with E-state index in [1.807, 2.05) is 18.7 Å². The average Bonchev–Trinajstić information content (AvgIpc) is 2.30. The molecule has 1 aromatic rings. The number of aromatic carboxylic acids is 1. The number of nitrogens with two attached hydrogens (primary N) is 1. The van der Waals surface area contributed by atoms with Crippen LogP contribution in [0.2, 0.25) is 0 Å². The van der Waals surface area contributed by atoms with Gasteiger partial charge in [-0.25, -0.2) is 9.78 Å². The van der Waals surface area contributed by atoms with Crippen LogP contribution in [0.3, 0.4) is 0 Å². The van der Waals surface area contributed by atoms with Gasteiger partial charge in [-0.2, -0.15) is 0 Å². The number of carboxylic acid groups (broad SMARTS) is 1. The number of aliphatic hydroxyl groups excluding tert-OH is 1. The Balaban J connectivity index is 3.01. The summed E-state index contributed by atoms with van der Waals surface area (Å²) in [5, 5.41) is 17.7. The van der Waals surface area contributed by atoms with Crippen LogP contribution in [0.15, 0.2) is 12.3 Å². The summed E-state index contributed by atoms with van der Waals surface area (Å²) in [5.74, 6) is -0.490. The van der Waals surface area contributed by atoms with Crippen molar-refractivity contribution in [3.63, 3.8) is 0 Å². The van der Waals surface area contributed by atoms with Crippen molar-refractivity contribution >= 4 is 17.5 Å². The zero-order valence-corrected chi connectivity index (χ0v) is 10.6. The molecule has 1 rings (SSSR count). The molecule has 1 heterocycles. The van der Waals surface area contributed by atoms with Gasteiger partial charge in [0.15, 0.2) is 5.82 Å². The second-order valence-electron chi connectivity index (χ2n) is 4.31. The first kappa shape index (κ1) is 14.2. The Kier molecular flexibility index (Phi) is 4.91. The quantitative estimate of drug-likeness (QED) is 0.698. The average molecular weight is 253 g/mol. The van der Waals surface area contributed by atoms with E-state index in [1.54, 1.807) is 0 Å². The van der Waals surface area contributed by atoms with Crippen molar-refractivity contribution in [2.45, 2.75) is 26.3 Å². The number of aromatic nitrogens is 1. The standard InChI is InChI=1S/C12H19N3O3/c1-8(2)15(4-3-5-16)11-10(13)6-9(7-14-11)12(17)18/h6-8,16H,3-5,13H2,1-2H3,(H,17,18). The normalized spacial score (nSPS) is 10.7. The van der Waals surface area contributed by atoms with Gasteiger partial charge >= 0.3 is 5.97 Å². The Hall–Kier alpha value is -1.82. The fraction of sp³-hybridized carbons (Fsp3) is 0.500. The molecule has 1 aromatic heterocycles. The van der Waals surface area contributed by atoms with Crippen LogP contribution in [0.25, 0.3) is 0 Å². The van der Waals surface area contributed by atoms with E-state index in [0.717, 1.165) is 0 Å². The van der Waals surface area contributed by atoms with Gasteiger partial charge in [-0.05, 0) is 26.3 Å². The highest BCUT2D eigenvalue weighted by molar-refractivity contribution is 5.89. The number of hydrogen-bond acceptors (Lipinski definition) is 5. The molecule has 0 bridgehead atoms. The van der Waals surface area contributed by atoms with Gasteiger partial charge in [-0.1, -0.05) is 0 Å². The van der Waals surface area contributed by atoms with Crippen LogP contribution in [0.5, 0.6) is 0 Å². The molecule has 0 aliphatic carbocycles. The number of rotatable bonds is 6. The molecule has 0 amide bonds. The van der Waals surface area contributed by atoms with Crippen molar-refractivity contribution in [3.8, 4) is 0 Å². The van der Waals surface area contributed by atoms with Crippen molar-refractivity contribution in [1.29, 1.82) is 0 Å². The number of aliphatic hydroxyl groups is 1. The van der Waals surface area contributed by atoms with Crippen LogP contribution in [0, 0.1) is 0 Å². The molecule has 0 aliphatic heterocycles. The molecule has 0 aliphatic rings. The van der Waals surface area contributed by atoms with Crippen LogP contribution < -0.4 is 10.6 Å². The molecule has 100 valence electrons. The second kappa shape index (κ2) is 6.20. The van der Waals surface area contributed by atoms with Crippen LogP contribution in [-0.4, -0.2) is 40.4 Å². The lowest BCUT2D eigenvalue weighted by Crippen LogP contribution is -2.33. The molecular weight excluding hydrogens is 234 g/mol. The van der Waals surface area contributed by atoms with E-state index in [0.29, 0.717) is 24.5 Å². The van der Waals surface area contributed by atoms with Crippen molar-refractivity contribution in [1.82, 2.24) is 4.98 Å². The lowest BCUT2D eigenvalue weighted by molar-refractivity contribution is 0.0696. The van der Waals surface area contributed by atoms with Crippen LogP contribution >= 0.6 is 0 Å². The minimum absolute atomic E-state index is 0.0714. The van der Waals surface area contributed by atoms with Gasteiger partial charge in [0.05, 0.1) is 11.3 Å². The number of hydrogen-bond donors (Lipinski definition) is 3. The molecule has 0 spiro atoms. The summed E-state index contributed by atoms with van der Waals surface area (Å²) in [6.45, 7) is 4.70. The van der Waals surface area contributed by atoms with Crippen molar-refractivity contribution in [3.05, 3.63) is 17.8 Å². The molecule has 0 unspecified atom stereocenters. The van der Waals surface area contributed by atoms with E-state index < -0.39 is 5.97 Å². The lowest BCUT2D eigenvalue weighted by atomic mass is 10.2. The molecule has 0 fully saturated rings. The minimum Gasteiger partial charge on any atom is -0.478 e. The van der Waals surface area contributed by atoms with Crippen LogP contribution in [-0.2, 0) is 0 Å². The largest absolute Gasteiger partial charge is 0.478 e. The summed E-state index contributed by atoms with van der Waals surface area (Å²) in [4.78, 5) is 16.9. The molecule has 18 heavy (non-hydrogen) atoms. The minimum atomic E-state index is -1.05. The Morgan fingerprint density at radius 1 is 1.56 bits per heavy atom. The molecule has 0 radical (unpaired) electrons. The fourth-order valence-electron chi connectivity index (χ4n) is 1.68. The zero-order valence-electron chi connectivity index (χ0n) is 10.6. The summed E-state index contributed by atoms with van der Waals surface area (Å²) >= 11 is 0. The van der Waals surface area contributed by atoms with Gasteiger partial charge in [-0.3, -0.25) is 0 Å². The fourth-order valence-corrected chi connectivity index (χ4v) is 1.68. The number of carbonyl (C=O) groups is 1. The molecule has 6 heteroatoms. The van der Waals surface area contributed by atoms with E-state index >= 15 is 0 Å². The van der Waals surface area contributed by atoms with E-state index in [4.69, 9.17) is 15.9 Å². The lowest BCUT2D eigenvalue weighted by Gasteiger charge is -2.28. The molecular formula is C12H19N3O3. The summed E-state index contributed by atoms with van der Waals surface area (Å²) < 4.78 is 0. The third kappa shape index (κ3) is 3.33. The van der Waals surface area contributed by atoms with Gasteiger partial charge in [0.2, 0.25) is 0 Å². The van der Waals surface area contributed by atoms with Crippen LogP contribution in [0.4, 0.5) is 11.5 Å². The monoisotopic (exact) mass is 253 g/mol. The third-order valence-electron chi connectivity index (χ3n) is 2.59. The summed E-state index contributed by atoms with van der Waals surface area (Å²) in [6, 6.07) is 1.57. The van der Waals surface area contributed by atoms with Gasteiger partial charge in [-0.15, -0.1) is 0 Å². The second-order valence-corrected chi connectivity index (χ2v) is 4.31. The molecule has 0 saturated carbocycles. The highest BCUT2D eigenvalue weighted by Gasteiger charge is 2.16. The molecule has 6 nitrogen and oxygen atoms in total. The first-order valence-corrected chi connectivity index (χ1v) is 5.83. The maximum Gasteiger partial charge on any atom is 0.337 e. The Morgan fingerprint density at radius 2 is 2.22 bits per heavy atom. The number of carboxylic acids is 1. The molecule has 0 atom stereocenters. The summed E-state index contributed by atoms with van der Waals surface area (Å²) in [7, 11) is 0. The number of nitrogens with zero attached hydrogens (tertiary/aromatic N) is 2. The van der Waals surface area contributed by atoms with Gasteiger partial charge in [0, 0.05) is 25.4 Å². The van der Waals surface area contributed by atoms with E-state index in [2.05, 4.69) is 4.98 Å². The number of nitrogen functional groups attached to an aromatic ring is 1. The molecule has 0 aromatic carbocycles. The number of anilines is 2. The predicted molar refractivity (Wildman–Crippen MR) is 69.8 cm³/mol. The van der Waals surface area contributed by atoms with Gasteiger partial charge < -0.3 is 20.8 Å². The van der Waals surface area contributed by atoms with Gasteiger partial charge in [0.1, 0.15) is 0 Å². The highest BCUT2D eigenvalue weighted by atomic mass is 16.4. The van der Waals surface area contributed by atoms with Crippen LogP contribution in [0.1, 0.15) is 30.6 Å². The topological polar surface area (TPSA) is 99.7 Å². The first-order valence-electron chi connectivity index (χ1n) is 5.83. The van der Waals surface area contributed by atoms with E-state index in [-0.39, 0.29) is 18.2 Å². The Bertz CT molecular complexity index is 421. The van der Waals surface area contributed by atoms with Crippen molar-refractivity contribution in [2.24, 2.45) is 0 Å². The predicted octanol–water partition coefficient (Wildman–Crippen LogP) is 0.959. The van der Waals surface area contributed by atoms with Crippen molar-refractivity contribution < 1.29 is 15.0 Å². The summed E-state index contributed by atoms with van der Waals surface area (Å²) in [5.41, 5.74) is 6.25. The van der Waals surface area contributed by atoms with Gasteiger partial charge in [0.25, 0.3) is 0 Å². The SMILES string of the molecule is CC(C)N(CCCO)c1ncc(C(=O)O)cc1N. The van der Waals surface area contributed by atoms with E-state index in [1.165, 1.54) is 12.3 Å². The number of pyridine rings is 1. The third-order valence-corrected chi connectivity index (χ3v) is 2.59. The Labute approximate surface area is 106 Å². The molecule has 0 saturated heterocycles. The molecule has 4 N–H and O–H groups in total. The Morgan fingerprint density at radius 3 is 2.67 bits per heavy atom. The smallest absolute Gasteiger partial charge is 0.337 e. The first-order chi connectivity index (χ1) is 8.47. The van der Waals surface area contributed by atoms with Crippen molar-refractivity contribution in [2.75, 3.05) is 23.8 Å². The van der Waals surface area contributed by atoms with E-state index in [9.17, 15) is 4.79 Å². The zero-order chi connectivity index (χ0) is 13.7. The maximum absolute atomic E-state index is 10.8. The summed E-state index contributed by atoms with van der Waals surface area (Å²) in [6.07, 6.45) is 1.91.